The molecule has 0 bridgehead atoms. The Bertz CT molecular complexity index is 409. The summed E-state index contributed by atoms with van der Waals surface area (Å²) in [4.78, 5) is 0. The van der Waals surface area contributed by atoms with Crippen molar-refractivity contribution in [3.05, 3.63) is 29.3 Å². The average Bonchev–Trinajstić information content (AvgIpc) is 2.77. The number of benzene rings is 1. The summed E-state index contributed by atoms with van der Waals surface area (Å²) in [5.74, 6) is 1.01. The van der Waals surface area contributed by atoms with Crippen LogP contribution in [0.5, 0.6) is 5.75 Å². The number of nitrogens with zero attached hydrogens (tertiary/aromatic N) is 1. The van der Waals surface area contributed by atoms with Crippen LogP contribution in [0.3, 0.4) is 0 Å². The van der Waals surface area contributed by atoms with E-state index >= 15 is 0 Å². The molecule has 1 unspecified atom stereocenters. The minimum atomic E-state index is 0.269. The van der Waals surface area contributed by atoms with Gasteiger partial charge in [-0.1, -0.05) is 12.1 Å². The third-order valence-electron chi connectivity index (χ3n) is 3.01. The first-order valence-corrected chi connectivity index (χ1v) is 5.65. The molecule has 0 amide bonds. The van der Waals surface area contributed by atoms with E-state index in [1.165, 1.54) is 11.1 Å². The molecule has 1 aromatic carbocycles. The van der Waals surface area contributed by atoms with Crippen molar-refractivity contribution in [3.8, 4) is 11.8 Å². The quantitative estimate of drug-likeness (QED) is 0.839. The molecule has 1 aromatic rings. The zero-order valence-electron chi connectivity index (χ0n) is 9.49. The van der Waals surface area contributed by atoms with Gasteiger partial charge in [0, 0.05) is 18.9 Å². The molecule has 0 fully saturated rings. The van der Waals surface area contributed by atoms with Crippen LogP contribution in [0, 0.1) is 11.3 Å². The monoisotopic (exact) mass is 216 g/mol. The van der Waals surface area contributed by atoms with E-state index in [2.05, 4.69) is 23.5 Å². The molecule has 1 N–H and O–H groups in total. The fourth-order valence-electron chi connectivity index (χ4n) is 2.11. The van der Waals surface area contributed by atoms with Crippen LogP contribution in [-0.4, -0.2) is 13.7 Å². The third-order valence-corrected chi connectivity index (χ3v) is 3.01. The topological polar surface area (TPSA) is 45.0 Å². The summed E-state index contributed by atoms with van der Waals surface area (Å²) < 4.78 is 5.48. The summed E-state index contributed by atoms with van der Waals surface area (Å²) in [6, 6.07) is 8.78. The van der Waals surface area contributed by atoms with E-state index in [0.29, 0.717) is 6.42 Å². The van der Waals surface area contributed by atoms with Crippen molar-refractivity contribution in [2.24, 2.45) is 0 Å². The predicted octanol–water partition coefficient (Wildman–Crippen LogP) is 2.19. The van der Waals surface area contributed by atoms with Crippen molar-refractivity contribution in [2.75, 3.05) is 13.7 Å². The molecule has 1 heterocycles. The van der Waals surface area contributed by atoms with Gasteiger partial charge in [-0.15, -0.1) is 0 Å². The van der Waals surface area contributed by atoms with Gasteiger partial charge in [-0.3, -0.25) is 0 Å². The second-order valence-corrected chi connectivity index (χ2v) is 4.00. The lowest BCUT2D eigenvalue weighted by molar-refractivity contribution is 0.356. The second-order valence-electron chi connectivity index (χ2n) is 4.00. The average molecular weight is 216 g/mol. The number of ether oxygens (including phenoxy) is 1. The van der Waals surface area contributed by atoms with Crippen molar-refractivity contribution in [3.63, 3.8) is 0 Å². The lowest BCUT2D eigenvalue weighted by Gasteiger charge is -2.15. The van der Waals surface area contributed by atoms with Gasteiger partial charge in [-0.25, -0.2) is 0 Å². The van der Waals surface area contributed by atoms with E-state index < -0.39 is 0 Å². The summed E-state index contributed by atoms with van der Waals surface area (Å²) in [5, 5.41) is 11.9. The van der Waals surface area contributed by atoms with Gasteiger partial charge in [0.1, 0.15) is 5.75 Å². The van der Waals surface area contributed by atoms with Crippen LogP contribution in [0.4, 0.5) is 0 Å². The van der Waals surface area contributed by atoms with Gasteiger partial charge in [-0.05, 0) is 30.7 Å². The summed E-state index contributed by atoms with van der Waals surface area (Å²) >= 11 is 0. The molecular formula is C13H16N2O. The Morgan fingerprint density at radius 3 is 3.19 bits per heavy atom. The molecule has 0 saturated carbocycles. The molecule has 0 aliphatic carbocycles. The molecule has 3 nitrogen and oxygen atoms in total. The van der Waals surface area contributed by atoms with Crippen molar-refractivity contribution >= 4 is 0 Å². The highest BCUT2D eigenvalue weighted by Crippen LogP contribution is 2.29. The highest BCUT2D eigenvalue weighted by molar-refractivity contribution is 5.40. The number of fused-ring (bicyclic) bond motifs is 1. The minimum Gasteiger partial charge on any atom is -0.493 e. The summed E-state index contributed by atoms with van der Waals surface area (Å²) in [6.45, 7) is 0.793. The Labute approximate surface area is 96.0 Å². The van der Waals surface area contributed by atoms with E-state index in [1.54, 1.807) is 0 Å². The van der Waals surface area contributed by atoms with Crippen molar-refractivity contribution in [1.82, 2.24) is 5.32 Å². The van der Waals surface area contributed by atoms with Crippen molar-refractivity contribution in [1.29, 1.82) is 5.26 Å². The smallest absolute Gasteiger partial charge is 0.122 e. The van der Waals surface area contributed by atoms with Crippen LogP contribution in [0.2, 0.25) is 0 Å². The zero-order valence-corrected chi connectivity index (χ0v) is 9.49. The Kier molecular flexibility index (Phi) is 3.43. The van der Waals surface area contributed by atoms with E-state index in [-0.39, 0.29) is 6.04 Å². The molecule has 2 rings (SSSR count). The van der Waals surface area contributed by atoms with Crippen LogP contribution < -0.4 is 10.1 Å². The lowest BCUT2D eigenvalue weighted by Crippen LogP contribution is -2.16. The number of hydrogen-bond acceptors (Lipinski definition) is 3. The Morgan fingerprint density at radius 1 is 1.56 bits per heavy atom. The van der Waals surface area contributed by atoms with Gasteiger partial charge in [0.05, 0.1) is 12.7 Å². The third kappa shape index (κ3) is 2.17. The first-order valence-electron chi connectivity index (χ1n) is 5.65. The first kappa shape index (κ1) is 11.0. The highest BCUT2D eigenvalue weighted by atomic mass is 16.5. The number of nitriles is 1. The molecule has 0 aromatic heterocycles. The van der Waals surface area contributed by atoms with Gasteiger partial charge in [0.25, 0.3) is 0 Å². The SMILES string of the molecule is CNC(CCC#N)c1ccc2c(c1)CCO2. The van der Waals surface area contributed by atoms with Crippen molar-refractivity contribution in [2.45, 2.75) is 25.3 Å². The molecule has 84 valence electrons. The van der Waals surface area contributed by atoms with Crippen LogP contribution in [0.25, 0.3) is 0 Å². The van der Waals surface area contributed by atoms with Crippen LogP contribution in [0.1, 0.15) is 30.0 Å². The molecule has 1 atom stereocenters. The van der Waals surface area contributed by atoms with Gasteiger partial charge in [0.2, 0.25) is 0 Å². The first-order chi connectivity index (χ1) is 7.85. The maximum absolute atomic E-state index is 8.61. The molecule has 16 heavy (non-hydrogen) atoms. The number of nitrogens with one attached hydrogen (secondary N) is 1. The largest absolute Gasteiger partial charge is 0.493 e. The second kappa shape index (κ2) is 5.00. The molecule has 1 aliphatic heterocycles. The summed E-state index contributed by atoms with van der Waals surface area (Å²) in [7, 11) is 1.94. The van der Waals surface area contributed by atoms with E-state index in [0.717, 1.165) is 25.2 Å². The molecule has 0 radical (unpaired) electrons. The Hall–Kier alpha value is -1.53. The predicted molar refractivity (Wildman–Crippen MR) is 62.3 cm³/mol. The van der Waals surface area contributed by atoms with Gasteiger partial charge < -0.3 is 10.1 Å². The molecule has 3 heteroatoms. The maximum atomic E-state index is 8.61. The van der Waals surface area contributed by atoms with Gasteiger partial charge in [0.15, 0.2) is 0 Å². The van der Waals surface area contributed by atoms with E-state index in [9.17, 15) is 0 Å². The van der Waals surface area contributed by atoms with Crippen LogP contribution in [0.15, 0.2) is 18.2 Å². The minimum absolute atomic E-state index is 0.269. The number of hydrogen-bond donors (Lipinski definition) is 1. The molecule has 0 saturated heterocycles. The normalized spacial score (nSPS) is 15.0. The Morgan fingerprint density at radius 2 is 2.44 bits per heavy atom. The van der Waals surface area contributed by atoms with Crippen LogP contribution in [-0.2, 0) is 6.42 Å². The van der Waals surface area contributed by atoms with E-state index in [1.807, 2.05) is 13.1 Å². The standard InChI is InChI=1S/C13H16N2O/c1-15-12(3-2-7-14)10-4-5-13-11(9-10)6-8-16-13/h4-5,9,12,15H,2-3,6,8H2,1H3. The highest BCUT2D eigenvalue weighted by Gasteiger charge is 2.15. The van der Waals surface area contributed by atoms with E-state index in [4.69, 9.17) is 10.00 Å². The van der Waals surface area contributed by atoms with Crippen molar-refractivity contribution < 1.29 is 4.74 Å². The number of rotatable bonds is 4. The lowest BCUT2D eigenvalue weighted by atomic mass is 9.99. The molecular weight excluding hydrogens is 200 g/mol. The fourth-order valence-corrected chi connectivity index (χ4v) is 2.11. The maximum Gasteiger partial charge on any atom is 0.122 e. The fraction of sp³-hybridized carbons (Fsp3) is 0.462. The zero-order chi connectivity index (χ0) is 11.4. The van der Waals surface area contributed by atoms with Crippen LogP contribution >= 0.6 is 0 Å². The molecule has 0 spiro atoms. The molecule has 1 aliphatic rings. The van der Waals surface area contributed by atoms with Gasteiger partial charge in [-0.2, -0.15) is 5.26 Å². The Balaban J connectivity index is 2.16. The summed E-state index contributed by atoms with van der Waals surface area (Å²) in [5.41, 5.74) is 2.54. The summed E-state index contributed by atoms with van der Waals surface area (Å²) in [6.07, 6.45) is 2.43. The van der Waals surface area contributed by atoms with Gasteiger partial charge >= 0.3 is 0 Å².